The van der Waals surface area contributed by atoms with E-state index in [2.05, 4.69) is 15.7 Å². The zero-order valence-corrected chi connectivity index (χ0v) is 11.0. The maximum absolute atomic E-state index is 10.9. The highest BCUT2D eigenvalue weighted by atomic mass is 16.6. The molecule has 0 spiro atoms. The average Bonchev–Trinajstić information content (AvgIpc) is 2.27. The van der Waals surface area contributed by atoms with Gasteiger partial charge in [-0.1, -0.05) is 20.8 Å². The van der Waals surface area contributed by atoms with Crippen LogP contribution in [0.1, 0.15) is 27.7 Å². The number of nitrogen functional groups attached to an aromatic ring is 1. The summed E-state index contributed by atoms with van der Waals surface area (Å²) in [7, 11) is 0. The average molecular weight is 253 g/mol. The van der Waals surface area contributed by atoms with Gasteiger partial charge in [-0.3, -0.25) is 10.1 Å². The lowest BCUT2D eigenvalue weighted by atomic mass is 9.88. The number of anilines is 2. The molecule has 0 aliphatic heterocycles. The summed E-state index contributed by atoms with van der Waals surface area (Å²) in [5, 5.41) is 14.0. The summed E-state index contributed by atoms with van der Waals surface area (Å²) in [5.41, 5.74) is 2.27. The van der Waals surface area contributed by atoms with Crippen LogP contribution in [-0.4, -0.2) is 15.9 Å². The molecule has 0 amide bonds. The van der Waals surface area contributed by atoms with Crippen LogP contribution in [0, 0.1) is 15.5 Å². The molecule has 0 saturated heterocycles. The Bertz CT molecular complexity index is 442. The largest absolute Gasteiger partial charge is 0.361 e. The molecule has 0 radical (unpaired) electrons. The predicted molar refractivity (Wildman–Crippen MR) is 71.2 cm³/mol. The number of rotatable bonds is 4. The lowest BCUT2D eigenvalue weighted by molar-refractivity contribution is -0.384. The maximum atomic E-state index is 10.9. The molecular weight excluding hydrogens is 234 g/mol. The first-order valence-corrected chi connectivity index (χ1v) is 5.64. The molecule has 0 aromatic carbocycles. The van der Waals surface area contributed by atoms with E-state index in [1.807, 2.05) is 27.7 Å². The summed E-state index contributed by atoms with van der Waals surface area (Å²) in [6, 6.07) is 2.86. The second-order valence-corrected chi connectivity index (χ2v) is 5.20. The van der Waals surface area contributed by atoms with Crippen LogP contribution >= 0.6 is 0 Å². The van der Waals surface area contributed by atoms with Gasteiger partial charge in [-0.2, -0.15) is 0 Å². The zero-order valence-electron chi connectivity index (χ0n) is 11.0. The number of aromatic nitrogens is 1. The Labute approximate surface area is 106 Å². The van der Waals surface area contributed by atoms with Crippen LogP contribution in [-0.2, 0) is 0 Å². The van der Waals surface area contributed by atoms with Crippen LogP contribution in [0.4, 0.5) is 17.3 Å². The van der Waals surface area contributed by atoms with Crippen LogP contribution in [0.3, 0.4) is 0 Å². The van der Waals surface area contributed by atoms with E-state index in [4.69, 9.17) is 5.84 Å². The second kappa shape index (κ2) is 5.18. The van der Waals surface area contributed by atoms with Crippen molar-refractivity contribution in [1.29, 1.82) is 0 Å². The van der Waals surface area contributed by atoms with E-state index in [1.54, 1.807) is 0 Å². The fraction of sp³-hybridized carbons (Fsp3) is 0.545. The van der Waals surface area contributed by atoms with Crippen molar-refractivity contribution in [1.82, 2.24) is 4.98 Å². The summed E-state index contributed by atoms with van der Waals surface area (Å²) in [6.07, 6.45) is 0. The van der Waals surface area contributed by atoms with Gasteiger partial charge in [0.1, 0.15) is 5.82 Å². The molecule has 18 heavy (non-hydrogen) atoms. The molecule has 0 saturated carbocycles. The van der Waals surface area contributed by atoms with Crippen LogP contribution < -0.4 is 16.6 Å². The molecule has 0 bridgehead atoms. The highest BCUT2D eigenvalue weighted by Crippen LogP contribution is 2.28. The third-order valence-electron chi connectivity index (χ3n) is 2.87. The first kappa shape index (κ1) is 14.2. The minimum Gasteiger partial charge on any atom is -0.361 e. The maximum Gasteiger partial charge on any atom is 0.311 e. The summed E-state index contributed by atoms with van der Waals surface area (Å²) in [4.78, 5) is 14.5. The molecule has 0 fully saturated rings. The third-order valence-corrected chi connectivity index (χ3v) is 2.87. The van der Waals surface area contributed by atoms with Crippen LogP contribution in [0.25, 0.3) is 0 Å². The summed E-state index contributed by atoms with van der Waals surface area (Å²) in [5.74, 6) is 5.85. The van der Waals surface area contributed by atoms with Gasteiger partial charge in [0.05, 0.1) is 4.92 Å². The molecule has 1 unspecified atom stereocenters. The van der Waals surface area contributed by atoms with Crippen LogP contribution in [0.2, 0.25) is 0 Å². The summed E-state index contributed by atoms with van der Waals surface area (Å²) >= 11 is 0. The van der Waals surface area contributed by atoms with E-state index >= 15 is 0 Å². The Kier molecular flexibility index (Phi) is 4.07. The van der Waals surface area contributed by atoms with Crippen molar-refractivity contribution in [3.8, 4) is 0 Å². The standard InChI is InChI=1S/C11H19N5O2/c1-7(11(2,3)4)13-10-8(16(17)18)5-6-9(14-10)15-12/h5-7H,12H2,1-4H3,(H2,13,14,15). The number of nitrogens with one attached hydrogen (secondary N) is 2. The van der Waals surface area contributed by atoms with Crippen molar-refractivity contribution in [2.75, 3.05) is 10.7 Å². The Morgan fingerprint density at radius 3 is 2.50 bits per heavy atom. The van der Waals surface area contributed by atoms with Gasteiger partial charge in [0.25, 0.3) is 0 Å². The van der Waals surface area contributed by atoms with Crippen molar-refractivity contribution in [2.45, 2.75) is 33.7 Å². The number of hydrogen-bond acceptors (Lipinski definition) is 6. The SMILES string of the molecule is CC(Nc1nc(NN)ccc1[N+](=O)[O-])C(C)(C)C. The molecule has 0 aliphatic rings. The molecule has 1 rings (SSSR count). The molecular formula is C11H19N5O2. The van der Waals surface area contributed by atoms with Gasteiger partial charge in [0.2, 0.25) is 5.82 Å². The zero-order chi connectivity index (χ0) is 13.9. The molecule has 1 heterocycles. The number of hydrazine groups is 1. The third kappa shape index (κ3) is 3.30. The first-order valence-electron chi connectivity index (χ1n) is 5.64. The Morgan fingerprint density at radius 1 is 1.44 bits per heavy atom. The molecule has 1 aromatic heterocycles. The van der Waals surface area contributed by atoms with Gasteiger partial charge in [-0.25, -0.2) is 10.8 Å². The highest BCUT2D eigenvalue weighted by Gasteiger charge is 2.24. The van der Waals surface area contributed by atoms with Crippen molar-refractivity contribution in [3.05, 3.63) is 22.2 Å². The van der Waals surface area contributed by atoms with Crippen molar-refractivity contribution < 1.29 is 4.92 Å². The Balaban J connectivity index is 3.08. The van der Waals surface area contributed by atoms with Gasteiger partial charge in [-0.05, 0) is 18.4 Å². The molecule has 1 atom stereocenters. The quantitative estimate of drug-likeness (QED) is 0.431. The van der Waals surface area contributed by atoms with Gasteiger partial charge in [-0.15, -0.1) is 0 Å². The summed E-state index contributed by atoms with van der Waals surface area (Å²) < 4.78 is 0. The van der Waals surface area contributed by atoms with Crippen molar-refractivity contribution in [3.63, 3.8) is 0 Å². The van der Waals surface area contributed by atoms with Gasteiger partial charge < -0.3 is 10.7 Å². The molecule has 100 valence electrons. The van der Waals surface area contributed by atoms with E-state index in [0.29, 0.717) is 5.82 Å². The number of nitrogens with two attached hydrogens (primary N) is 1. The number of pyridine rings is 1. The minimum absolute atomic E-state index is 0.0247. The van der Waals surface area contributed by atoms with Gasteiger partial charge in [0, 0.05) is 12.1 Å². The van der Waals surface area contributed by atoms with E-state index in [0.717, 1.165) is 0 Å². The van der Waals surface area contributed by atoms with Crippen LogP contribution in [0.5, 0.6) is 0 Å². The van der Waals surface area contributed by atoms with Crippen LogP contribution in [0.15, 0.2) is 12.1 Å². The molecule has 4 N–H and O–H groups in total. The molecule has 7 nitrogen and oxygen atoms in total. The second-order valence-electron chi connectivity index (χ2n) is 5.20. The predicted octanol–water partition coefficient (Wildman–Crippen LogP) is 2.12. The van der Waals surface area contributed by atoms with E-state index in [-0.39, 0.29) is 23.0 Å². The molecule has 1 aromatic rings. The number of nitrogens with zero attached hydrogens (tertiary/aromatic N) is 2. The Morgan fingerprint density at radius 2 is 2.06 bits per heavy atom. The fourth-order valence-corrected chi connectivity index (χ4v) is 1.21. The highest BCUT2D eigenvalue weighted by molar-refractivity contribution is 5.60. The molecule has 0 aliphatic carbocycles. The van der Waals surface area contributed by atoms with E-state index in [9.17, 15) is 10.1 Å². The van der Waals surface area contributed by atoms with Gasteiger partial charge >= 0.3 is 5.69 Å². The van der Waals surface area contributed by atoms with E-state index in [1.165, 1.54) is 12.1 Å². The summed E-state index contributed by atoms with van der Waals surface area (Å²) in [6.45, 7) is 8.08. The van der Waals surface area contributed by atoms with E-state index < -0.39 is 4.92 Å². The number of nitro groups is 1. The lowest BCUT2D eigenvalue weighted by Gasteiger charge is -2.28. The lowest BCUT2D eigenvalue weighted by Crippen LogP contribution is -2.31. The van der Waals surface area contributed by atoms with Crippen molar-refractivity contribution in [2.24, 2.45) is 11.3 Å². The van der Waals surface area contributed by atoms with Crippen molar-refractivity contribution >= 4 is 17.3 Å². The van der Waals surface area contributed by atoms with Gasteiger partial charge in [0.15, 0.2) is 0 Å². The smallest absolute Gasteiger partial charge is 0.311 e. The number of hydrogen-bond donors (Lipinski definition) is 3. The normalized spacial score (nSPS) is 12.9. The fourth-order valence-electron chi connectivity index (χ4n) is 1.21. The monoisotopic (exact) mass is 253 g/mol. The topological polar surface area (TPSA) is 106 Å². The first-order chi connectivity index (χ1) is 8.25. The molecule has 7 heteroatoms. The minimum atomic E-state index is -0.467. The Hall–Kier alpha value is -1.89.